The first kappa shape index (κ1) is 16.7. The second-order valence-corrected chi connectivity index (χ2v) is 7.63. The van der Waals surface area contributed by atoms with Crippen LogP contribution in [0.1, 0.15) is 25.7 Å². The summed E-state index contributed by atoms with van der Waals surface area (Å²) in [6.07, 6.45) is 3.00. The predicted molar refractivity (Wildman–Crippen MR) is 77.8 cm³/mol. The van der Waals surface area contributed by atoms with Crippen molar-refractivity contribution in [3.63, 3.8) is 0 Å². The van der Waals surface area contributed by atoms with Crippen LogP contribution in [0.15, 0.2) is 0 Å². The highest BCUT2D eigenvalue weighted by Crippen LogP contribution is 2.23. The number of nitrogens with one attached hydrogen (secondary N) is 2. The van der Waals surface area contributed by atoms with Crippen LogP contribution >= 0.6 is 0 Å². The van der Waals surface area contributed by atoms with Gasteiger partial charge in [0.2, 0.25) is 21.8 Å². The van der Waals surface area contributed by atoms with Crippen LogP contribution < -0.4 is 10.0 Å². The molecule has 2 N–H and O–H groups in total. The number of sulfonamides is 1. The normalized spacial score (nSPS) is 28.4. The van der Waals surface area contributed by atoms with E-state index in [0.717, 1.165) is 12.7 Å². The lowest BCUT2D eigenvalue weighted by molar-refractivity contribution is -0.133. The smallest absolute Gasteiger partial charge is 0.240 e. The van der Waals surface area contributed by atoms with Gasteiger partial charge in [0, 0.05) is 13.0 Å². The Bertz CT molecular complexity index is 598. The number of nitrogens with zero attached hydrogens (tertiary/aromatic N) is 2. The van der Waals surface area contributed by atoms with E-state index in [1.807, 2.05) is 4.72 Å². The van der Waals surface area contributed by atoms with Crippen LogP contribution in [0.4, 0.5) is 0 Å². The summed E-state index contributed by atoms with van der Waals surface area (Å²) in [5.74, 6) is -0.743. The topological polar surface area (TPSA) is 119 Å². The minimum Gasteiger partial charge on any atom is -0.325 e. The van der Waals surface area contributed by atoms with Crippen LogP contribution in [0.25, 0.3) is 0 Å². The first-order chi connectivity index (χ1) is 10.3. The van der Waals surface area contributed by atoms with Crippen molar-refractivity contribution in [3.05, 3.63) is 0 Å². The van der Waals surface area contributed by atoms with Crippen molar-refractivity contribution < 1.29 is 18.0 Å². The molecule has 0 bridgehead atoms. The third kappa shape index (κ3) is 4.18. The van der Waals surface area contributed by atoms with Gasteiger partial charge in [0.15, 0.2) is 0 Å². The van der Waals surface area contributed by atoms with Crippen LogP contribution in [0.2, 0.25) is 0 Å². The van der Waals surface area contributed by atoms with Gasteiger partial charge in [-0.2, -0.15) is 5.26 Å². The van der Waals surface area contributed by atoms with Crippen molar-refractivity contribution in [1.29, 1.82) is 5.26 Å². The first-order valence-corrected chi connectivity index (χ1v) is 9.13. The molecule has 0 aromatic carbocycles. The molecule has 22 heavy (non-hydrogen) atoms. The molecule has 2 rings (SSSR count). The monoisotopic (exact) mass is 328 g/mol. The molecule has 8 nitrogen and oxygen atoms in total. The van der Waals surface area contributed by atoms with Crippen LogP contribution in [-0.2, 0) is 19.6 Å². The van der Waals surface area contributed by atoms with E-state index < -0.39 is 22.0 Å². The van der Waals surface area contributed by atoms with E-state index in [0.29, 0.717) is 25.9 Å². The maximum absolute atomic E-state index is 12.4. The average molecular weight is 328 g/mol. The van der Waals surface area contributed by atoms with Crippen LogP contribution in [0, 0.1) is 17.2 Å². The summed E-state index contributed by atoms with van der Waals surface area (Å²) in [7, 11) is -3.55. The highest BCUT2D eigenvalue weighted by molar-refractivity contribution is 7.89. The van der Waals surface area contributed by atoms with Crippen LogP contribution in [0.3, 0.4) is 0 Å². The Kier molecular flexibility index (Phi) is 5.03. The fraction of sp³-hybridized carbons (Fsp3) is 0.769. The molecule has 2 aliphatic rings. The number of hydrogen-bond donors (Lipinski definition) is 2. The highest BCUT2D eigenvalue weighted by Gasteiger charge is 2.37. The molecular formula is C13H20N4O4S. The van der Waals surface area contributed by atoms with Gasteiger partial charge in [-0.1, -0.05) is 0 Å². The van der Waals surface area contributed by atoms with Gasteiger partial charge >= 0.3 is 0 Å². The molecule has 2 aliphatic heterocycles. The molecular weight excluding hydrogens is 308 g/mol. The zero-order valence-corrected chi connectivity index (χ0v) is 13.2. The molecule has 0 aromatic rings. The van der Waals surface area contributed by atoms with Crippen LogP contribution in [0.5, 0.6) is 0 Å². The quantitative estimate of drug-likeness (QED) is 0.679. The Balaban J connectivity index is 1.86. The van der Waals surface area contributed by atoms with E-state index in [1.54, 1.807) is 4.90 Å². The molecule has 0 aromatic heterocycles. The first-order valence-electron chi connectivity index (χ1n) is 7.24. The number of carbonyl (C=O) groups excluding carboxylic acids is 2. The van der Waals surface area contributed by atoms with Crippen molar-refractivity contribution in [1.82, 2.24) is 14.9 Å². The van der Waals surface area contributed by atoms with E-state index >= 15 is 0 Å². The predicted octanol–water partition coefficient (Wildman–Crippen LogP) is -1.06. The molecule has 2 amide bonds. The summed E-state index contributed by atoms with van der Waals surface area (Å²) in [4.78, 5) is 25.6. The molecule has 3 atom stereocenters. The minimum absolute atomic E-state index is 0.0610. The SMILES string of the molecule is CS(=O)(=O)NC(=O)C[C@@H]1CN[C@H](C(=O)N2CCC[C@H]2C#N)C1. The van der Waals surface area contributed by atoms with Gasteiger partial charge in [0.05, 0.1) is 18.4 Å². The van der Waals surface area contributed by atoms with Crippen molar-refractivity contribution in [2.45, 2.75) is 37.8 Å². The Hall–Kier alpha value is -1.66. The largest absolute Gasteiger partial charge is 0.325 e. The summed E-state index contributed by atoms with van der Waals surface area (Å²) in [6, 6.07) is 1.38. The fourth-order valence-electron chi connectivity index (χ4n) is 3.03. The van der Waals surface area contributed by atoms with E-state index in [9.17, 15) is 18.0 Å². The summed E-state index contributed by atoms with van der Waals surface area (Å²) in [5.41, 5.74) is 0. The number of rotatable bonds is 4. The number of amides is 2. The average Bonchev–Trinajstić information content (AvgIpc) is 3.03. The second-order valence-electron chi connectivity index (χ2n) is 5.88. The zero-order valence-electron chi connectivity index (χ0n) is 12.4. The van der Waals surface area contributed by atoms with Crippen LogP contribution in [-0.4, -0.2) is 56.6 Å². The number of carbonyl (C=O) groups is 2. The molecule has 9 heteroatoms. The molecule has 2 heterocycles. The number of nitriles is 1. The zero-order chi connectivity index (χ0) is 16.3. The maximum Gasteiger partial charge on any atom is 0.240 e. The molecule has 0 radical (unpaired) electrons. The Morgan fingerprint density at radius 2 is 2.18 bits per heavy atom. The third-order valence-electron chi connectivity index (χ3n) is 3.98. The van der Waals surface area contributed by atoms with E-state index in [-0.39, 0.29) is 24.3 Å². The Morgan fingerprint density at radius 1 is 1.45 bits per heavy atom. The fourth-order valence-corrected chi connectivity index (χ4v) is 3.52. The van der Waals surface area contributed by atoms with Crippen molar-refractivity contribution in [2.24, 2.45) is 5.92 Å². The molecule has 0 spiro atoms. The molecule has 2 fully saturated rings. The number of hydrogen-bond acceptors (Lipinski definition) is 6. The summed E-state index contributed by atoms with van der Waals surface area (Å²) in [5, 5.41) is 12.1. The van der Waals surface area contributed by atoms with Gasteiger partial charge in [0.25, 0.3) is 0 Å². The lowest BCUT2D eigenvalue weighted by atomic mass is 10.0. The van der Waals surface area contributed by atoms with Gasteiger partial charge in [-0.25, -0.2) is 8.42 Å². The molecule has 0 unspecified atom stereocenters. The minimum atomic E-state index is -3.55. The number of likely N-dealkylation sites (tertiary alicyclic amines) is 1. The third-order valence-corrected chi connectivity index (χ3v) is 4.58. The van der Waals surface area contributed by atoms with E-state index in [2.05, 4.69) is 11.4 Å². The molecule has 2 saturated heterocycles. The lowest BCUT2D eigenvalue weighted by Crippen LogP contribution is -2.45. The van der Waals surface area contributed by atoms with Gasteiger partial charge in [0.1, 0.15) is 6.04 Å². The standard InChI is InChI=1S/C13H20N4O4S/c1-22(20,21)16-12(18)6-9-5-11(15-8-9)13(19)17-4-2-3-10(17)7-14/h9-11,15H,2-6,8H2,1H3,(H,16,18)/t9-,10+,11+/m1/s1. The van der Waals surface area contributed by atoms with Crippen molar-refractivity contribution in [3.8, 4) is 6.07 Å². The van der Waals surface area contributed by atoms with Crippen molar-refractivity contribution in [2.75, 3.05) is 19.3 Å². The van der Waals surface area contributed by atoms with Gasteiger partial charge in [-0.15, -0.1) is 0 Å². The summed E-state index contributed by atoms with van der Waals surface area (Å²) in [6.45, 7) is 1.08. The van der Waals surface area contributed by atoms with Crippen molar-refractivity contribution >= 4 is 21.8 Å². The molecule has 0 saturated carbocycles. The Labute approximate surface area is 129 Å². The summed E-state index contributed by atoms with van der Waals surface area (Å²) >= 11 is 0. The highest BCUT2D eigenvalue weighted by atomic mass is 32.2. The molecule has 0 aliphatic carbocycles. The van der Waals surface area contributed by atoms with E-state index in [4.69, 9.17) is 5.26 Å². The van der Waals surface area contributed by atoms with Gasteiger partial charge in [-0.05, 0) is 31.7 Å². The van der Waals surface area contributed by atoms with Gasteiger partial charge < -0.3 is 10.2 Å². The Morgan fingerprint density at radius 3 is 2.82 bits per heavy atom. The molecule has 122 valence electrons. The van der Waals surface area contributed by atoms with E-state index in [1.165, 1.54) is 0 Å². The lowest BCUT2D eigenvalue weighted by Gasteiger charge is -2.23. The van der Waals surface area contributed by atoms with Gasteiger partial charge in [-0.3, -0.25) is 14.3 Å². The second kappa shape index (κ2) is 6.62. The maximum atomic E-state index is 12.4. The summed E-state index contributed by atoms with van der Waals surface area (Å²) < 4.78 is 23.9.